The molecular weight excluding hydrogens is 524 g/mol. The monoisotopic (exact) mass is 550 g/mol. The summed E-state index contributed by atoms with van der Waals surface area (Å²) in [6.45, 7) is 0.380. The number of hydrogen-bond donors (Lipinski definition) is 1. The molecule has 1 N–H and O–H groups in total. The minimum Gasteiger partial charge on any atom is -0.496 e. The molecule has 3 heterocycles. The number of thioether (sulfide) groups is 1. The Hall–Kier alpha value is -3.37. The van der Waals surface area contributed by atoms with E-state index in [9.17, 15) is 19.5 Å². The van der Waals surface area contributed by atoms with Gasteiger partial charge in [-0.1, -0.05) is 35.6 Å². The van der Waals surface area contributed by atoms with Crippen molar-refractivity contribution in [1.82, 2.24) is 9.80 Å². The maximum Gasteiger partial charge on any atom is 0.326 e. The number of allylic oxidation sites excluding steroid dienone is 1. The zero-order chi connectivity index (χ0) is 26.6. The van der Waals surface area contributed by atoms with Gasteiger partial charge in [-0.25, -0.2) is 4.79 Å². The summed E-state index contributed by atoms with van der Waals surface area (Å²) in [5, 5.41) is 9.51. The average molecular weight is 551 g/mol. The molecule has 3 fully saturated rings. The first-order chi connectivity index (χ1) is 18.3. The van der Waals surface area contributed by atoms with Crippen LogP contribution in [0, 0.1) is 5.92 Å². The third-order valence-corrected chi connectivity index (χ3v) is 9.12. The number of fused-ring (bicyclic) bond motifs is 2. The first kappa shape index (κ1) is 24.9. The molecule has 1 aromatic carbocycles. The van der Waals surface area contributed by atoms with Gasteiger partial charge in [0.05, 0.1) is 23.6 Å². The van der Waals surface area contributed by atoms with Gasteiger partial charge in [0.15, 0.2) is 0 Å². The highest BCUT2D eigenvalue weighted by atomic mass is 32.2. The third-order valence-electron chi connectivity index (χ3n) is 7.79. The van der Waals surface area contributed by atoms with Crippen LogP contribution in [0.1, 0.15) is 48.2 Å². The number of methoxy groups -OCH3 is 1. The quantitative estimate of drug-likeness (QED) is 0.306. The fourth-order valence-electron chi connectivity index (χ4n) is 5.92. The molecule has 1 aromatic heterocycles. The summed E-state index contributed by atoms with van der Waals surface area (Å²) in [4.78, 5) is 41.8. The maximum absolute atomic E-state index is 13.3. The van der Waals surface area contributed by atoms with Gasteiger partial charge in [-0.3, -0.25) is 14.5 Å². The summed E-state index contributed by atoms with van der Waals surface area (Å²) in [5.74, 6) is 0.340. The van der Waals surface area contributed by atoms with Crippen molar-refractivity contribution >= 4 is 52.2 Å². The zero-order valence-corrected chi connectivity index (χ0v) is 22.3. The number of carbonyl (C=O) groups is 3. The number of benzene rings is 1. The van der Waals surface area contributed by atoms with Gasteiger partial charge in [-0.2, -0.15) is 0 Å². The average Bonchev–Trinajstić information content (AvgIpc) is 3.73. The van der Waals surface area contributed by atoms with Crippen LogP contribution in [0.4, 0.5) is 0 Å². The number of amides is 2. The van der Waals surface area contributed by atoms with Gasteiger partial charge in [-0.05, 0) is 68.4 Å². The van der Waals surface area contributed by atoms with Crippen molar-refractivity contribution in [3.8, 4) is 17.1 Å². The van der Waals surface area contributed by atoms with Crippen LogP contribution in [-0.2, 0) is 9.59 Å². The van der Waals surface area contributed by atoms with Crippen LogP contribution in [0.3, 0.4) is 0 Å². The van der Waals surface area contributed by atoms with Crippen molar-refractivity contribution in [3.05, 3.63) is 58.2 Å². The zero-order valence-electron chi connectivity index (χ0n) is 20.7. The number of aliphatic carboxylic acids is 1. The summed E-state index contributed by atoms with van der Waals surface area (Å²) in [5.41, 5.74) is 2.34. The Morgan fingerprint density at radius 3 is 2.79 bits per heavy atom. The van der Waals surface area contributed by atoms with Gasteiger partial charge in [-0.15, -0.1) is 0 Å². The lowest BCUT2D eigenvalue weighted by molar-refractivity contribution is -0.141. The number of rotatable bonds is 6. The molecular formula is C28H26N2O6S2. The number of carbonyl (C=O) groups excluding carboxylic acids is 2. The standard InChI is InChI=1S/C28H26N2O6S2/c1-35-23-8-6-17(13-19(23)25(31)29-10-2-3-20(29)27(33)34)22-9-7-18(36-22)14-24-26(32)30(28(37)38-24)21-12-15-4-5-16(21)11-15/h6-9,12-14,16,20-21H,2-5,10-11H2,1H3,(H,33,34)/b24-14-/t16?,20-,21?/m0/s1. The fraction of sp³-hybridized carbons (Fsp3) is 0.357. The predicted molar refractivity (Wildman–Crippen MR) is 147 cm³/mol. The fourth-order valence-corrected chi connectivity index (χ4v) is 7.24. The SMILES string of the molecule is COc1ccc(-c2ccc(/C=C3\SC(=S)N(C4C=C5CCC4C5)C3=O)o2)cc1C(=O)N1CCC[C@H]1C(=O)O. The maximum atomic E-state index is 13.3. The van der Waals surface area contributed by atoms with E-state index in [1.165, 1.54) is 29.3 Å². The number of likely N-dealkylation sites (tertiary alicyclic amines) is 1. The second kappa shape index (κ2) is 9.74. The first-order valence-electron chi connectivity index (χ1n) is 12.6. The molecule has 2 aromatic rings. The summed E-state index contributed by atoms with van der Waals surface area (Å²) in [6, 6.07) is 7.86. The number of hydrogen-bond acceptors (Lipinski definition) is 7. The molecule has 3 atom stereocenters. The minimum atomic E-state index is -1.01. The summed E-state index contributed by atoms with van der Waals surface area (Å²) in [7, 11) is 1.47. The molecule has 2 aliphatic carbocycles. The molecule has 2 saturated heterocycles. The number of nitrogens with zero attached hydrogens (tertiary/aromatic N) is 2. The summed E-state index contributed by atoms with van der Waals surface area (Å²) in [6.07, 6.45) is 8.26. The van der Waals surface area contributed by atoms with E-state index in [-0.39, 0.29) is 23.4 Å². The number of ether oxygens (including phenoxy) is 1. The molecule has 196 valence electrons. The van der Waals surface area contributed by atoms with Crippen molar-refractivity contribution in [3.63, 3.8) is 0 Å². The summed E-state index contributed by atoms with van der Waals surface area (Å²) >= 11 is 6.85. The number of carboxylic acids is 1. The number of furan rings is 1. The van der Waals surface area contributed by atoms with E-state index in [2.05, 4.69) is 6.08 Å². The Balaban J connectivity index is 1.24. The van der Waals surface area contributed by atoms with Gasteiger partial charge in [0.1, 0.15) is 27.6 Å². The Morgan fingerprint density at radius 2 is 2.08 bits per heavy atom. The molecule has 0 radical (unpaired) electrons. The van der Waals surface area contributed by atoms with Gasteiger partial charge < -0.3 is 19.2 Å². The molecule has 2 bridgehead atoms. The van der Waals surface area contributed by atoms with E-state index < -0.39 is 12.0 Å². The van der Waals surface area contributed by atoms with Crippen molar-refractivity contribution in [2.24, 2.45) is 5.92 Å². The molecule has 10 heteroatoms. The molecule has 38 heavy (non-hydrogen) atoms. The first-order valence-corrected chi connectivity index (χ1v) is 13.8. The molecule has 2 unspecified atom stereocenters. The Kier molecular flexibility index (Phi) is 6.39. The second-order valence-electron chi connectivity index (χ2n) is 9.98. The minimum absolute atomic E-state index is 0.0518. The van der Waals surface area contributed by atoms with Crippen LogP contribution in [0.2, 0.25) is 0 Å². The van der Waals surface area contributed by atoms with E-state index in [4.69, 9.17) is 21.4 Å². The van der Waals surface area contributed by atoms with Gasteiger partial charge >= 0.3 is 5.97 Å². The van der Waals surface area contributed by atoms with Gasteiger partial charge in [0.2, 0.25) is 0 Å². The lowest BCUT2D eigenvalue weighted by atomic mass is 9.99. The normalized spacial score (nSPS) is 25.6. The van der Waals surface area contributed by atoms with E-state index in [0.29, 0.717) is 57.4 Å². The number of thiocarbonyl (C=S) groups is 1. The Bertz CT molecular complexity index is 1430. The van der Waals surface area contributed by atoms with Crippen molar-refractivity contribution in [1.29, 1.82) is 0 Å². The third kappa shape index (κ3) is 4.25. The highest BCUT2D eigenvalue weighted by Crippen LogP contribution is 2.46. The molecule has 6 rings (SSSR count). The lowest BCUT2D eigenvalue weighted by Crippen LogP contribution is -2.40. The molecule has 0 spiro atoms. The Morgan fingerprint density at radius 1 is 1.24 bits per heavy atom. The topological polar surface area (TPSA) is 100 Å². The van der Waals surface area contributed by atoms with Crippen LogP contribution in [-0.4, -0.2) is 62.7 Å². The van der Waals surface area contributed by atoms with Gasteiger partial charge in [0, 0.05) is 18.2 Å². The van der Waals surface area contributed by atoms with Crippen molar-refractivity contribution < 1.29 is 28.6 Å². The van der Waals surface area contributed by atoms with E-state index in [1.54, 1.807) is 41.3 Å². The van der Waals surface area contributed by atoms with Crippen LogP contribution in [0.15, 0.2) is 51.3 Å². The largest absolute Gasteiger partial charge is 0.496 e. The molecule has 8 nitrogen and oxygen atoms in total. The molecule has 1 saturated carbocycles. The van der Waals surface area contributed by atoms with Crippen LogP contribution < -0.4 is 4.74 Å². The van der Waals surface area contributed by atoms with Crippen LogP contribution >= 0.6 is 24.0 Å². The second-order valence-corrected chi connectivity index (χ2v) is 11.7. The van der Waals surface area contributed by atoms with Crippen LogP contribution in [0.25, 0.3) is 17.4 Å². The highest BCUT2D eigenvalue weighted by molar-refractivity contribution is 8.26. The van der Waals surface area contributed by atoms with Crippen molar-refractivity contribution in [2.75, 3.05) is 13.7 Å². The summed E-state index contributed by atoms with van der Waals surface area (Å²) < 4.78 is 12.0. The predicted octanol–water partition coefficient (Wildman–Crippen LogP) is 4.95. The Labute approximate surface area is 229 Å². The van der Waals surface area contributed by atoms with Gasteiger partial charge in [0.25, 0.3) is 11.8 Å². The smallest absolute Gasteiger partial charge is 0.326 e. The lowest BCUT2D eigenvalue weighted by Gasteiger charge is -2.27. The van der Waals surface area contributed by atoms with E-state index in [0.717, 1.165) is 19.3 Å². The highest BCUT2D eigenvalue weighted by Gasteiger charge is 2.44. The van der Waals surface area contributed by atoms with Crippen molar-refractivity contribution in [2.45, 2.75) is 44.2 Å². The molecule has 2 amide bonds. The molecule has 2 aliphatic heterocycles. The van der Waals surface area contributed by atoms with E-state index >= 15 is 0 Å². The number of carboxylic acid groups (broad SMARTS) is 1. The van der Waals surface area contributed by atoms with Crippen LogP contribution in [0.5, 0.6) is 5.75 Å². The van der Waals surface area contributed by atoms with E-state index in [1.807, 2.05) is 0 Å². The molecule has 4 aliphatic rings.